The van der Waals surface area contributed by atoms with Gasteiger partial charge in [0, 0.05) is 19.2 Å². The van der Waals surface area contributed by atoms with Crippen molar-refractivity contribution in [1.82, 2.24) is 9.55 Å². The van der Waals surface area contributed by atoms with E-state index in [1.54, 1.807) is 25.3 Å². The van der Waals surface area contributed by atoms with Crippen molar-refractivity contribution in [2.24, 2.45) is 0 Å². The molecule has 2 heterocycles. The van der Waals surface area contributed by atoms with Gasteiger partial charge in [-0.3, -0.25) is 9.59 Å². The average Bonchev–Trinajstić information content (AvgIpc) is 3.07. The summed E-state index contributed by atoms with van der Waals surface area (Å²) in [5.74, 6) is 0.547. The van der Waals surface area contributed by atoms with Crippen molar-refractivity contribution in [3.05, 3.63) is 48.0 Å². The van der Waals surface area contributed by atoms with E-state index in [2.05, 4.69) is 14.9 Å². The zero-order valence-electron chi connectivity index (χ0n) is 15.3. The number of thioether (sulfide) groups is 1. The van der Waals surface area contributed by atoms with Gasteiger partial charge < -0.3 is 19.4 Å². The van der Waals surface area contributed by atoms with Crippen LogP contribution in [0.1, 0.15) is 10.4 Å². The second-order valence-corrected chi connectivity index (χ2v) is 7.23. The van der Waals surface area contributed by atoms with E-state index in [4.69, 9.17) is 9.47 Å². The van der Waals surface area contributed by atoms with Gasteiger partial charge in [-0.15, -0.1) is 0 Å². The third-order valence-electron chi connectivity index (χ3n) is 4.41. The second kappa shape index (κ2) is 8.04. The Kier molecular flexibility index (Phi) is 5.31. The number of nitrogens with one attached hydrogen (secondary N) is 1. The standard InChI is InChI=1S/C20H19N3O4S/c1-26-9-8-23-16-5-3-2-4-14(16)22-20(23)28-12-17(24)13-6-7-18-15(10-13)21-19(25)11-27-18/h2-7,10H,8-9,11-12H2,1H3,(H,21,25). The Labute approximate surface area is 166 Å². The van der Waals surface area contributed by atoms with E-state index in [9.17, 15) is 9.59 Å². The van der Waals surface area contributed by atoms with Crippen molar-refractivity contribution in [3.8, 4) is 5.75 Å². The van der Waals surface area contributed by atoms with E-state index < -0.39 is 0 Å². The van der Waals surface area contributed by atoms with Gasteiger partial charge in [-0.25, -0.2) is 4.98 Å². The second-order valence-electron chi connectivity index (χ2n) is 6.29. The van der Waals surface area contributed by atoms with Crippen molar-refractivity contribution in [1.29, 1.82) is 0 Å². The fourth-order valence-corrected chi connectivity index (χ4v) is 3.97. The maximum absolute atomic E-state index is 12.7. The number of Topliss-reactive ketones (excluding diaryl/α,β-unsaturated/α-hetero) is 1. The SMILES string of the molecule is COCCn1c(SCC(=O)c2ccc3c(c2)NC(=O)CO3)nc2ccccc21. The number of fused-ring (bicyclic) bond motifs is 2. The fourth-order valence-electron chi connectivity index (χ4n) is 3.03. The molecule has 7 nitrogen and oxygen atoms in total. The van der Waals surface area contributed by atoms with Crippen LogP contribution >= 0.6 is 11.8 Å². The minimum absolute atomic E-state index is 0.00611. The molecule has 1 aliphatic heterocycles. The Hall–Kier alpha value is -2.84. The molecule has 0 radical (unpaired) electrons. The summed E-state index contributed by atoms with van der Waals surface area (Å²) in [5.41, 5.74) is 2.96. The van der Waals surface area contributed by atoms with Gasteiger partial charge in [0.1, 0.15) is 5.75 Å². The number of hydrogen-bond donors (Lipinski definition) is 1. The number of ketones is 1. The normalized spacial score (nSPS) is 13.1. The molecule has 1 amide bonds. The third kappa shape index (κ3) is 3.74. The maximum atomic E-state index is 12.7. The molecule has 0 unspecified atom stereocenters. The Morgan fingerprint density at radius 2 is 2.18 bits per heavy atom. The molecule has 2 aromatic carbocycles. The van der Waals surface area contributed by atoms with Crippen molar-refractivity contribution in [2.75, 3.05) is 31.4 Å². The molecule has 0 atom stereocenters. The molecule has 0 spiro atoms. The Morgan fingerprint density at radius 3 is 3.04 bits per heavy atom. The highest BCUT2D eigenvalue weighted by molar-refractivity contribution is 7.99. The van der Waals surface area contributed by atoms with Crippen LogP contribution in [0, 0.1) is 0 Å². The van der Waals surface area contributed by atoms with Gasteiger partial charge in [0.2, 0.25) is 0 Å². The van der Waals surface area contributed by atoms with Crippen LogP contribution in [0.5, 0.6) is 5.75 Å². The highest BCUT2D eigenvalue weighted by Gasteiger charge is 2.19. The van der Waals surface area contributed by atoms with Crippen LogP contribution in [-0.2, 0) is 16.1 Å². The molecule has 3 aromatic rings. The largest absolute Gasteiger partial charge is 0.482 e. The molecule has 0 fully saturated rings. The number of aromatic nitrogens is 2. The van der Waals surface area contributed by atoms with Crippen LogP contribution in [0.4, 0.5) is 5.69 Å². The molecule has 8 heteroatoms. The first-order chi connectivity index (χ1) is 13.7. The van der Waals surface area contributed by atoms with Crippen LogP contribution in [0.2, 0.25) is 0 Å². The number of anilines is 1. The first-order valence-electron chi connectivity index (χ1n) is 8.82. The summed E-state index contributed by atoms with van der Waals surface area (Å²) in [5, 5.41) is 3.50. The molecular weight excluding hydrogens is 378 g/mol. The Morgan fingerprint density at radius 1 is 1.32 bits per heavy atom. The average molecular weight is 397 g/mol. The smallest absolute Gasteiger partial charge is 0.262 e. The highest BCUT2D eigenvalue weighted by Crippen LogP contribution is 2.30. The molecule has 0 aliphatic carbocycles. The summed E-state index contributed by atoms with van der Waals surface area (Å²) in [6, 6.07) is 13.0. The Balaban J connectivity index is 1.52. The summed E-state index contributed by atoms with van der Waals surface area (Å²) in [7, 11) is 1.66. The number of nitrogens with zero attached hydrogens (tertiary/aromatic N) is 2. The quantitative estimate of drug-likeness (QED) is 0.488. The summed E-state index contributed by atoms with van der Waals surface area (Å²) in [6.07, 6.45) is 0. The lowest BCUT2D eigenvalue weighted by atomic mass is 10.1. The molecule has 144 valence electrons. The minimum atomic E-state index is -0.224. The third-order valence-corrected chi connectivity index (χ3v) is 5.38. The van der Waals surface area contributed by atoms with Gasteiger partial charge in [0.15, 0.2) is 17.5 Å². The summed E-state index contributed by atoms with van der Waals surface area (Å²) >= 11 is 1.39. The predicted molar refractivity (Wildman–Crippen MR) is 107 cm³/mol. The molecule has 1 aromatic heterocycles. The van der Waals surface area contributed by atoms with E-state index in [1.807, 2.05) is 24.3 Å². The lowest BCUT2D eigenvalue weighted by Gasteiger charge is -2.18. The minimum Gasteiger partial charge on any atom is -0.482 e. The molecule has 1 N–H and O–H groups in total. The van der Waals surface area contributed by atoms with Gasteiger partial charge >= 0.3 is 0 Å². The van der Waals surface area contributed by atoms with E-state index in [-0.39, 0.29) is 24.1 Å². The summed E-state index contributed by atoms with van der Waals surface area (Å²) < 4.78 is 12.6. The number of hydrogen-bond acceptors (Lipinski definition) is 6. The van der Waals surface area contributed by atoms with Crippen LogP contribution < -0.4 is 10.1 Å². The van der Waals surface area contributed by atoms with Crippen LogP contribution in [0.25, 0.3) is 11.0 Å². The number of carbonyl (C=O) groups excluding carboxylic acids is 2. The van der Waals surface area contributed by atoms with Crippen LogP contribution in [0.3, 0.4) is 0 Å². The van der Waals surface area contributed by atoms with Crippen molar-refractivity contribution in [3.63, 3.8) is 0 Å². The number of para-hydroxylation sites is 2. The topological polar surface area (TPSA) is 82.5 Å². The molecule has 0 saturated carbocycles. The highest BCUT2D eigenvalue weighted by atomic mass is 32.2. The van der Waals surface area contributed by atoms with Crippen LogP contribution in [-0.4, -0.2) is 47.3 Å². The van der Waals surface area contributed by atoms with Crippen molar-refractivity contribution >= 4 is 40.2 Å². The number of carbonyl (C=O) groups is 2. The van der Waals surface area contributed by atoms with E-state index in [0.717, 1.165) is 16.2 Å². The number of benzene rings is 2. The number of ether oxygens (including phenoxy) is 2. The number of rotatable bonds is 7. The lowest BCUT2D eigenvalue weighted by Crippen LogP contribution is -2.25. The summed E-state index contributed by atoms with van der Waals surface area (Å²) in [4.78, 5) is 28.8. The molecule has 28 heavy (non-hydrogen) atoms. The van der Waals surface area contributed by atoms with E-state index >= 15 is 0 Å². The molecule has 0 saturated heterocycles. The van der Waals surface area contributed by atoms with Gasteiger partial charge in [-0.1, -0.05) is 23.9 Å². The van der Waals surface area contributed by atoms with Gasteiger partial charge in [0.05, 0.1) is 29.1 Å². The number of amides is 1. The molecule has 4 rings (SSSR count). The monoisotopic (exact) mass is 397 g/mol. The van der Waals surface area contributed by atoms with Crippen LogP contribution in [0.15, 0.2) is 47.6 Å². The first-order valence-corrected chi connectivity index (χ1v) is 9.81. The summed E-state index contributed by atoms with van der Waals surface area (Å²) in [6.45, 7) is 1.22. The molecule has 0 bridgehead atoms. The van der Waals surface area contributed by atoms with Gasteiger partial charge in [-0.05, 0) is 30.3 Å². The Bertz CT molecular complexity index is 1050. The number of imidazole rings is 1. The first kappa shape index (κ1) is 18.5. The predicted octanol–water partition coefficient (Wildman–Crippen LogP) is 2.99. The van der Waals surface area contributed by atoms with Gasteiger partial charge in [0.25, 0.3) is 5.91 Å². The van der Waals surface area contributed by atoms with E-state index in [0.29, 0.717) is 30.2 Å². The fraction of sp³-hybridized carbons (Fsp3) is 0.250. The van der Waals surface area contributed by atoms with Crippen molar-refractivity contribution in [2.45, 2.75) is 11.7 Å². The maximum Gasteiger partial charge on any atom is 0.262 e. The molecule has 1 aliphatic rings. The lowest BCUT2D eigenvalue weighted by molar-refractivity contribution is -0.118. The number of methoxy groups -OCH3 is 1. The van der Waals surface area contributed by atoms with E-state index in [1.165, 1.54) is 11.8 Å². The molecular formula is C20H19N3O4S. The zero-order valence-corrected chi connectivity index (χ0v) is 16.1. The van der Waals surface area contributed by atoms with Crippen molar-refractivity contribution < 1.29 is 19.1 Å². The van der Waals surface area contributed by atoms with Gasteiger partial charge in [-0.2, -0.15) is 0 Å². The zero-order chi connectivity index (χ0) is 19.5.